The van der Waals surface area contributed by atoms with E-state index >= 15 is 0 Å². The minimum Gasteiger partial charge on any atom is -0.505 e. The predicted molar refractivity (Wildman–Crippen MR) is 130 cm³/mol. The number of carbonyl (C=O) groups is 1. The van der Waals surface area contributed by atoms with Crippen molar-refractivity contribution in [2.75, 3.05) is 39.5 Å². The first-order chi connectivity index (χ1) is 15.9. The molecule has 0 saturated carbocycles. The summed E-state index contributed by atoms with van der Waals surface area (Å²) in [5, 5.41) is 10.6. The van der Waals surface area contributed by atoms with Gasteiger partial charge in [0.15, 0.2) is 5.76 Å². The molecule has 4 rings (SSSR count). The van der Waals surface area contributed by atoms with E-state index in [4.69, 9.17) is 9.47 Å². The topological polar surface area (TPSA) is 76.3 Å². The smallest absolute Gasteiger partial charge is 0.343 e. The van der Waals surface area contributed by atoms with Gasteiger partial charge in [0.1, 0.15) is 11.3 Å². The van der Waals surface area contributed by atoms with E-state index in [0.717, 1.165) is 50.6 Å². The molecular formula is C26H37N3O4. The van der Waals surface area contributed by atoms with Crippen molar-refractivity contribution in [1.82, 2.24) is 9.47 Å². The summed E-state index contributed by atoms with van der Waals surface area (Å²) >= 11 is 0. The SMILES string of the molecule is CCOC(=O)C1=C(O)/C(=C\c2cc(C)n(C3CCN(CC4CCOCC4)CC3)c2C)N=C1C. The molecule has 3 aliphatic heterocycles. The van der Waals surface area contributed by atoms with Crippen LogP contribution < -0.4 is 0 Å². The highest BCUT2D eigenvalue weighted by Crippen LogP contribution is 2.32. The number of nitrogens with zero attached hydrogens (tertiary/aromatic N) is 3. The van der Waals surface area contributed by atoms with Crippen molar-refractivity contribution in [3.8, 4) is 0 Å². The number of piperidine rings is 1. The van der Waals surface area contributed by atoms with E-state index in [-0.39, 0.29) is 17.9 Å². The monoisotopic (exact) mass is 455 g/mol. The van der Waals surface area contributed by atoms with Crippen LogP contribution in [0.4, 0.5) is 0 Å². The van der Waals surface area contributed by atoms with Crippen molar-refractivity contribution in [2.24, 2.45) is 10.9 Å². The van der Waals surface area contributed by atoms with Gasteiger partial charge in [0.05, 0.1) is 12.3 Å². The third-order valence-electron chi connectivity index (χ3n) is 7.20. The number of aliphatic hydroxyl groups is 1. The van der Waals surface area contributed by atoms with E-state index in [0.29, 0.717) is 17.5 Å². The third kappa shape index (κ3) is 5.09. The Morgan fingerprint density at radius 2 is 1.91 bits per heavy atom. The van der Waals surface area contributed by atoms with Crippen LogP contribution in [-0.2, 0) is 14.3 Å². The molecule has 7 heteroatoms. The fourth-order valence-corrected chi connectivity index (χ4v) is 5.45. The number of hydrogen-bond donors (Lipinski definition) is 1. The van der Waals surface area contributed by atoms with Crippen molar-refractivity contribution < 1.29 is 19.4 Å². The maximum Gasteiger partial charge on any atom is 0.343 e. The summed E-state index contributed by atoms with van der Waals surface area (Å²) in [5.41, 5.74) is 4.49. The van der Waals surface area contributed by atoms with Crippen molar-refractivity contribution in [3.05, 3.63) is 40.0 Å². The lowest BCUT2D eigenvalue weighted by Crippen LogP contribution is -2.39. The Labute approximate surface area is 196 Å². The van der Waals surface area contributed by atoms with E-state index in [1.807, 2.05) is 6.08 Å². The standard InChI is InChI=1S/C26H37N3O4/c1-5-33-26(31)24-18(3)27-23(25(24)30)15-21-14-17(2)29(19(21)4)22-6-10-28(11-7-22)16-20-8-12-32-13-9-20/h14-15,20,22,30H,5-13,16H2,1-4H3/b23-15+. The highest BCUT2D eigenvalue weighted by Gasteiger charge is 2.29. The fraction of sp³-hybridized carbons (Fsp3) is 0.615. The molecule has 3 aliphatic rings. The lowest BCUT2D eigenvalue weighted by molar-refractivity contribution is -0.138. The molecule has 2 fully saturated rings. The molecule has 0 bridgehead atoms. The van der Waals surface area contributed by atoms with Crippen LogP contribution >= 0.6 is 0 Å². The molecule has 0 spiro atoms. The van der Waals surface area contributed by atoms with Gasteiger partial charge in [-0.05, 0) is 77.0 Å². The van der Waals surface area contributed by atoms with E-state index < -0.39 is 5.97 Å². The average molecular weight is 456 g/mol. The summed E-state index contributed by atoms with van der Waals surface area (Å²) in [6.07, 6.45) is 6.55. The van der Waals surface area contributed by atoms with Gasteiger partial charge >= 0.3 is 5.97 Å². The van der Waals surface area contributed by atoms with Crippen LogP contribution in [0.2, 0.25) is 0 Å². The van der Waals surface area contributed by atoms with Crippen molar-refractivity contribution >= 4 is 17.8 Å². The molecule has 7 nitrogen and oxygen atoms in total. The van der Waals surface area contributed by atoms with Crippen LogP contribution in [0.3, 0.4) is 0 Å². The average Bonchev–Trinajstić information content (AvgIpc) is 3.23. The van der Waals surface area contributed by atoms with E-state index in [1.54, 1.807) is 13.8 Å². The predicted octanol–water partition coefficient (Wildman–Crippen LogP) is 4.36. The number of esters is 1. The maximum absolute atomic E-state index is 12.2. The van der Waals surface area contributed by atoms with Crippen LogP contribution in [0, 0.1) is 19.8 Å². The fourth-order valence-electron chi connectivity index (χ4n) is 5.45. The van der Waals surface area contributed by atoms with Crippen molar-refractivity contribution in [3.63, 3.8) is 0 Å². The lowest BCUT2D eigenvalue weighted by Gasteiger charge is -2.36. The molecule has 0 radical (unpaired) electrons. The first-order valence-electron chi connectivity index (χ1n) is 12.3. The Balaban J connectivity index is 1.46. The van der Waals surface area contributed by atoms with Crippen molar-refractivity contribution in [2.45, 2.75) is 59.4 Å². The first-order valence-corrected chi connectivity index (χ1v) is 12.3. The van der Waals surface area contributed by atoms with Crippen LogP contribution in [0.1, 0.15) is 62.5 Å². The minimum absolute atomic E-state index is 0.0998. The summed E-state index contributed by atoms with van der Waals surface area (Å²) < 4.78 is 13.0. The molecule has 1 aromatic heterocycles. The zero-order valence-electron chi connectivity index (χ0n) is 20.4. The number of rotatable bonds is 6. The number of ether oxygens (including phenoxy) is 2. The molecule has 1 aromatic rings. The number of aliphatic hydroxyl groups excluding tert-OH is 1. The molecule has 0 aromatic carbocycles. The summed E-state index contributed by atoms with van der Waals surface area (Å²) in [6, 6.07) is 2.63. The van der Waals surface area contributed by atoms with E-state index in [2.05, 4.69) is 34.4 Å². The molecular weight excluding hydrogens is 418 g/mol. The van der Waals surface area contributed by atoms with Gasteiger partial charge < -0.3 is 24.0 Å². The number of likely N-dealkylation sites (tertiary alicyclic amines) is 1. The number of carbonyl (C=O) groups excluding carboxylic acids is 1. The number of aromatic nitrogens is 1. The van der Waals surface area contributed by atoms with Gasteiger partial charge in [0.25, 0.3) is 0 Å². The summed E-state index contributed by atoms with van der Waals surface area (Å²) in [5.74, 6) is 0.147. The quantitative estimate of drug-likeness (QED) is 0.645. The second-order valence-electron chi connectivity index (χ2n) is 9.45. The van der Waals surface area contributed by atoms with Crippen LogP contribution in [-0.4, -0.2) is 65.7 Å². The van der Waals surface area contributed by atoms with Crippen molar-refractivity contribution in [1.29, 1.82) is 0 Å². The molecule has 4 heterocycles. The van der Waals surface area contributed by atoms with Gasteiger partial charge in [-0.2, -0.15) is 0 Å². The van der Waals surface area contributed by atoms with Gasteiger partial charge in [0, 0.05) is 50.3 Å². The lowest BCUT2D eigenvalue weighted by atomic mass is 9.97. The third-order valence-corrected chi connectivity index (χ3v) is 7.20. The van der Waals surface area contributed by atoms with Gasteiger partial charge in [-0.3, -0.25) is 0 Å². The highest BCUT2D eigenvalue weighted by molar-refractivity contribution is 6.22. The Kier molecular flexibility index (Phi) is 7.39. The largest absolute Gasteiger partial charge is 0.505 e. The van der Waals surface area contributed by atoms with Crippen LogP contribution in [0.5, 0.6) is 0 Å². The summed E-state index contributed by atoms with van der Waals surface area (Å²) in [7, 11) is 0. The second kappa shape index (κ2) is 10.3. The zero-order valence-corrected chi connectivity index (χ0v) is 20.4. The molecule has 33 heavy (non-hydrogen) atoms. The summed E-state index contributed by atoms with van der Waals surface area (Å²) in [4.78, 5) is 19.2. The van der Waals surface area contributed by atoms with Gasteiger partial charge in [-0.25, -0.2) is 9.79 Å². The number of hydrogen-bond acceptors (Lipinski definition) is 6. The van der Waals surface area contributed by atoms with Gasteiger partial charge in [0.2, 0.25) is 0 Å². The minimum atomic E-state index is -0.530. The molecule has 0 amide bonds. The Hall–Kier alpha value is -2.38. The number of aliphatic imine (C=N–C) groups is 1. The highest BCUT2D eigenvalue weighted by atomic mass is 16.5. The Bertz CT molecular complexity index is 974. The number of aryl methyl sites for hydroxylation is 1. The normalized spacial score (nSPS) is 22.3. The molecule has 1 N–H and O–H groups in total. The van der Waals surface area contributed by atoms with E-state index in [9.17, 15) is 9.90 Å². The Morgan fingerprint density at radius 1 is 1.21 bits per heavy atom. The molecule has 0 unspecified atom stereocenters. The van der Waals surface area contributed by atoms with Crippen LogP contribution in [0.15, 0.2) is 28.1 Å². The van der Waals surface area contributed by atoms with Crippen LogP contribution in [0.25, 0.3) is 6.08 Å². The Morgan fingerprint density at radius 3 is 2.58 bits per heavy atom. The molecule has 2 saturated heterocycles. The van der Waals surface area contributed by atoms with E-state index in [1.165, 1.54) is 30.8 Å². The summed E-state index contributed by atoms with van der Waals surface area (Å²) in [6.45, 7) is 13.3. The molecule has 180 valence electrons. The maximum atomic E-state index is 12.2. The molecule has 0 aliphatic carbocycles. The first kappa shape index (κ1) is 23.8. The van der Waals surface area contributed by atoms with Gasteiger partial charge in [-0.1, -0.05) is 0 Å². The molecule has 0 atom stereocenters. The zero-order chi connectivity index (χ0) is 23.5. The second-order valence-corrected chi connectivity index (χ2v) is 9.45. The van der Waals surface area contributed by atoms with Gasteiger partial charge in [-0.15, -0.1) is 0 Å².